The van der Waals surface area contributed by atoms with Gasteiger partial charge in [-0.25, -0.2) is 4.68 Å². The maximum absolute atomic E-state index is 11.7. The number of ether oxygens (including phenoxy) is 1. The van der Waals surface area contributed by atoms with Gasteiger partial charge in [0, 0.05) is 17.5 Å². The van der Waals surface area contributed by atoms with Crippen LogP contribution in [0.1, 0.15) is 60.4 Å². The molecule has 2 aromatic heterocycles. The molecule has 11 nitrogen and oxygen atoms in total. The number of carbonyl (C=O) groups is 1. The highest BCUT2D eigenvalue weighted by atomic mass is 16.5. The molecule has 2 N–H and O–H groups in total. The van der Waals surface area contributed by atoms with E-state index in [2.05, 4.69) is 36.1 Å². The topological polar surface area (TPSA) is 145 Å². The number of Topliss-reactive ketones (excluding diaryl/α,β-unsaturated/α-hetero) is 1. The zero-order chi connectivity index (χ0) is 24.6. The van der Waals surface area contributed by atoms with Crippen LogP contribution in [0.15, 0.2) is 36.4 Å². The van der Waals surface area contributed by atoms with Gasteiger partial charge < -0.3 is 9.84 Å². The van der Waals surface area contributed by atoms with Crippen LogP contribution in [0.4, 0.5) is 0 Å². The lowest BCUT2D eigenvalue weighted by Crippen LogP contribution is -2.08. The maximum atomic E-state index is 11.7. The smallest absolute Gasteiger partial charge is 0.204 e. The Balaban J connectivity index is 1.29. The first-order valence-electron chi connectivity index (χ1n) is 11.6. The largest absolute Gasteiger partial charge is 0.507 e. The van der Waals surface area contributed by atoms with E-state index in [0.29, 0.717) is 48.7 Å². The minimum atomic E-state index is -0.160. The van der Waals surface area contributed by atoms with Crippen LogP contribution in [0.3, 0.4) is 0 Å². The monoisotopic (exact) mass is 476 g/mol. The average Bonchev–Trinajstić information content (AvgIpc) is 3.54. The van der Waals surface area contributed by atoms with Crippen molar-refractivity contribution in [2.45, 2.75) is 52.5 Å². The van der Waals surface area contributed by atoms with Crippen LogP contribution < -0.4 is 4.74 Å². The summed E-state index contributed by atoms with van der Waals surface area (Å²) in [5.41, 5.74) is 2.96. The van der Waals surface area contributed by atoms with E-state index in [-0.39, 0.29) is 11.5 Å². The van der Waals surface area contributed by atoms with Gasteiger partial charge in [-0.05, 0) is 59.5 Å². The number of rotatable bonds is 12. The van der Waals surface area contributed by atoms with Gasteiger partial charge in [0.25, 0.3) is 0 Å². The van der Waals surface area contributed by atoms with Crippen LogP contribution in [0.25, 0.3) is 11.4 Å². The summed E-state index contributed by atoms with van der Waals surface area (Å²) in [6, 6.07) is 11.3. The summed E-state index contributed by atoms with van der Waals surface area (Å²) in [5, 5.41) is 36.6. The molecule has 0 saturated carbocycles. The number of benzene rings is 2. The number of aromatic amines is 1. The second-order valence-corrected chi connectivity index (χ2v) is 8.24. The fraction of sp³-hybridized carbons (Fsp3) is 0.375. The molecule has 0 radical (unpaired) electrons. The van der Waals surface area contributed by atoms with Gasteiger partial charge in [-0.1, -0.05) is 37.6 Å². The molecule has 0 saturated heterocycles. The Hall–Kier alpha value is -4.15. The molecule has 0 aliphatic rings. The number of unbranched alkanes of at least 4 members (excludes halogenated alkanes) is 1. The van der Waals surface area contributed by atoms with Crippen molar-refractivity contribution < 1.29 is 14.6 Å². The summed E-state index contributed by atoms with van der Waals surface area (Å²) in [7, 11) is 0. The lowest BCUT2D eigenvalue weighted by atomic mass is 10.0. The molecule has 0 fully saturated rings. The van der Waals surface area contributed by atoms with Gasteiger partial charge >= 0.3 is 0 Å². The second kappa shape index (κ2) is 11.3. The van der Waals surface area contributed by atoms with Crippen molar-refractivity contribution in [1.82, 2.24) is 40.8 Å². The van der Waals surface area contributed by atoms with E-state index >= 15 is 0 Å². The number of carbonyl (C=O) groups excluding carboxylic acids is 1. The molecule has 0 spiro atoms. The van der Waals surface area contributed by atoms with Crippen molar-refractivity contribution in [2.24, 2.45) is 0 Å². The van der Waals surface area contributed by atoms with E-state index in [1.807, 2.05) is 31.2 Å². The lowest BCUT2D eigenvalue weighted by molar-refractivity contribution is 0.101. The van der Waals surface area contributed by atoms with E-state index in [0.717, 1.165) is 36.2 Å². The van der Waals surface area contributed by atoms with E-state index < -0.39 is 0 Å². The number of aromatic hydroxyl groups is 1. The minimum absolute atomic E-state index is 0.0290. The first-order valence-corrected chi connectivity index (χ1v) is 11.6. The van der Waals surface area contributed by atoms with Crippen LogP contribution in [0.2, 0.25) is 0 Å². The molecule has 0 unspecified atom stereocenters. The second-order valence-electron chi connectivity index (χ2n) is 8.24. The SMILES string of the molecule is CCCc1c(OCCCCc2nnnn2Cc2ccc(-c3nn[nH]n3)cc2)ccc(C(C)=O)c1O. The van der Waals surface area contributed by atoms with Crippen molar-refractivity contribution >= 4 is 5.78 Å². The summed E-state index contributed by atoms with van der Waals surface area (Å²) in [5.74, 6) is 1.85. The third kappa shape index (κ3) is 5.86. The molecule has 0 atom stereocenters. The number of aryl methyl sites for hydroxylation is 1. The highest BCUT2D eigenvalue weighted by Gasteiger charge is 2.16. The van der Waals surface area contributed by atoms with Gasteiger partial charge in [0.1, 0.15) is 11.5 Å². The Morgan fingerprint density at radius 3 is 2.63 bits per heavy atom. The lowest BCUT2D eigenvalue weighted by Gasteiger charge is -2.14. The molecule has 35 heavy (non-hydrogen) atoms. The van der Waals surface area contributed by atoms with Crippen molar-refractivity contribution in [2.75, 3.05) is 6.61 Å². The molecule has 0 aliphatic heterocycles. The molecule has 0 bridgehead atoms. The highest BCUT2D eigenvalue weighted by Crippen LogP contribution is 2.33. The van der Waals surface area contributed by atoms with Gasteiger partial charge in [-0.3, -0.25) is 4.79 Å². The van der Waals surface area contributed by atoms with Crippen LogP contribution in [0, 0.1) is 0 Å². The van der Waals surface area contributed by atoms with Crippen LogP contribution in [0.5, 0.6) is 11.5 Å². The number of ketones is 1. The summed E-state index contributed by atoms with van der Waals surface area (Å²) in [4.78, 5) is 11.7. The summed E-state index contributed by atoms with van der Waals surface area (Å²) >= 11 is 0. The van der Waals surface area contributed by atoms with Crippen molar-refractivity contribution in [3.05, 3.63) is 58.9 Å². The highest BCUT2D eigenvalue weighted by molar-refractivity contribution is 5.97. The quantitative estimate of drug-likeness (QED) is 0.233. The molecule has 2 heterocycles. The molecule has 11 heteroatoms. The average molecular weight is 477 g/mol. The van der Waals surface area contributed by atoms with Crippen LogP contribution >= 0.6 is 0 Å². The first kappa shape index (κ1) is 24.0. The molecule has 4 rings (SSSR count). The van der Waals surface area contributed by atoms with Gasteiger partial charge in [0.15, 0.2) is 11.6 Å². The van der Waals surface area contributed by atoms with E-state index in [1.54, 1.807) is 16.8 Å². The Labute approximate surface area is 202 Å². The van der Waals surface area contributed by atoms with Crippen LogP contribution in [-0.4, -0.2) is 58.3 Å². The number of hydrogen-bond donors (Lipinski definition) is 2. The van der Waals surface area contributed by atoms with E-state index in [4.69, 9.17) is 4.74 Å². The predicted octanol–water partition coefficient (Wildman–Crippen LogP) is 3.16. The molecular formula is C24H28N8O3. The third-order valence-corrected chi connectivity index (χ3v) is 5.67. The summed E-state index contributed by atoms with van der Waals surface area (Å²) in [6.45, 7) is 4.53. The van der Waals surface area contributed by atoms with Gasteiger partial charge in [0.05, 0.1) is 18.7 Å². The van der Waals surface area contributed by atoms with Crippen molar-refractivity contribution in [1.29, 1.82) is 0 Å². The molecule has 4 aromatic rings. The fourth-order valence-electron chi connectivity index (χ4n) is 3.84. The van der Waals surface area contributed by atoms with Crippen molar-refractivity contribution in [3.63, 3.8) is 0 Å². The molecular weight excluding hydrogens is 448 g/mol. The summed E-state index contributed by atoms with van der Waals surface area (Å²) in [6.07, 6.45) is 3.85. The number of hydrogen-bond acceptors (Lipinski definition) is 9. The van der Waals surface area contributed by atoms with Gasteiger partial charge in [0.2, 0.25) is 5.82 Å². The number of phenols is 1. The van der Waals surface area contributed by atoms with Crippen LogP contribution in [-0.2, 0) is 19.4 Å². The zero-order valence-electron chi connectivity index (χ0n) is 19.8. The van der Waals surface area contributed by atoms with E-state index in [1.165, 1.54) is 6.92 Å². The van der Waals surface area contributed by atoms with Crippen molar-refractivity contribution in [3.8, 4) is 22.9 Å². The Morgan fingerprint density at radius 1 is 1.09 bits per heavy atom. The maximum Gasteiger partial charge on any atom is 0.204 e. The molecule has 0 aliphatic carbocycles. The number of aromatic nitrogens is 8. The normalized spacial score (nSPS) is 11.0. The number of nitrogens with one attached hydrogen (secondary N) is 1. The third-order valence-electron chi connectivity index (χ3n) is 5.67. The Kier molecular flexibility index (Phi) is 7.76. The molecule has 182 valence electrons. The number of tetrazole rings is 2. The zero-order valence-corrected chi connectivity index (χ0v) is 19.8. The standard InChI is InChI=1S/C24H28N8O3/c1-3-6-20-21(13-12-19(16(2)33)23(20)34)35-14-5-4-7-22-25-30-31-32(22)15-17-8-10-18(11-9-17)24-26-28-29-27-24/h8-13,34H,3-7,14-15H2,1-2H3,(H,26,27,28,29). The number of nitrogens with zero attached hydrogens (tertiary/aromatic N) is 7. The van der Waals surface area contributed by atoms with Gasteiger partial charge in [-0.15, -0.1) is 15.3 Å². The van der Waals surface area contributed by atoms with E-state index in [9.17, 15) is 9.90 Å². The Morgan fingerprint density at radius 2 is 1.91 bits per heavy atom. The fourth-order valence-corrected chi connectivity index (χ4v) is 3.84. The van der Waals surface area contributed by atoms with Gasteiger partial charge in [-0.2, -0.15) is 5.21 Å². The molecule has 0 amide bonds. The first-order chi connectivity index (χ1) is 17.1. The Bertz CT molecular complexity index is 1250. The molecule has 2 aromatic carbocycles. The number of H-pyrrole nitrogens is 1. The minimum Gasteiger partial charge on any atom is -0.507 e. The number of phenolic OH excluding ortho intramolecular Hbond substituents is 1. The summed E-state index contributed by atoms with van der Waals surface area (Å²) < 4.78 is 7.74. The predicted molar refractivity (Wildman–Crippen MR) is 127 cm³/mol.